The lowest BCUT2D eigenvalue weighted by Gasteiger charge is -2.43. The van der Waals surface area contributed by atoms with Crippen molar-refractivity contribution in [1.29, 1.82) is 0 Å². The van der Waals surface area contributed by atoms with E-state index in [1.54, 1.807) is 4.31 Å². The number of aryl methyl sites for hydroxylation is 2. The van der Waals surface area contributed by atoms with Gasteiger partial charge in [-0.2, -0.15) is 0 Å². The maximum atomic E-state index is 12.6. The Kier molecular flexibility index (Phi) is 3.55. The summed E-state index contributed by atoms with van der Waals surface area (Å²) < 4.78 is 32.6. The summed E-state index contributed by atoms with van der Waals surface area (Å²) in [5.41, 5.74) is 2.32. The van der Waals surface area contributed by atoms with Gasteiger partial charge in [0.15, 0.2) is 5.78 Å². The van der Waals surface area contributed by atoms with E-state index in [9.17, 15) is 13.2 Å². The van der Waals surface area contributed by atoms with E-state index >= 15 is 0 Å². The number of ether oxygens (including phenoxy) is 1. The van der Waals surface area contributed by atoms with Gasteiger partial charge in [0.25, 0.3) is 0 Å². The lowest BCUT2D eigenvalue weighted by Crippen LogP contribution is -2.52. The normalized spacial score (nSPS) is 23.8. The van der Waals surface area contributed by atoms with E-state index in [4.69, 9.17) is 4.74 Å². The molecular formula is C18H23NO4S. The Morgan fingerprint density at radius 2 is 1.75 bits per heavy atom. The molecule has 1 aromatic rings. The van der Waals surface area contributed by atoms with E-state index in [1.807, 2.05) is 26.0 Å². The molecule has 6 heteroatoms. The molecule has 0 aromatic heterocycles. The highest BCUT2D eigenvalue weighted by Gasteiger charge is 2.47. The zero-order valence-corrected chi connectivity index (χ0v) is 15.0. The van der Waals surface area contributed by atoms with Crippen LogP contribution in [0.4, 0.5) is 0 Å². The van der Waals surface area contributed by atoms with Gasteiger partial charge < -0.3 is 4.74 Å². The molecule has 0 radical (unpaired) electrons. The minimum Gasteiger partial charge on any atom is -0.486 e. The van der Waals surface area contributed by atoms with Crippen molar-refractivity contribution in [2.45, 2.75) is 56.8 Å². The molecule has 130 valence electrons. The predicted octanol–water partition coefficient (Wildman–Crippen LogP) is 2.60. The molecule has 0 atom stereocenters. The minimum absolute atomic E-state index is 0.109. The van der Waals surface area contributed by atoms with Crippen LogP contribution in [0.25, 0.3) is 0 Å². The number of hydrogen-bond acceptors (Lipinski definition) is 4. The van der Waals surface area contributed by atoms with Crippen molar-refractivity contribution in [3.8, 4) is 5.75 Å². The van der Waals surface area contributed by atoms with Gasteiger partial charge in [0.2, 0.25) is 10.0 Å². The second-order valence-corrected chi connectivity index (χ2v) is 9.67. The summed E-state index contributed by atoms with van der Waals surface area (Å²) in [6.07, 6.45) is 3.07. The Morgan fingerprint density at radius 1 is 1.12 bits per heavy atom. The number of nitrogens with zero attached hydrogens (tertiary/aromatic N) is 1. The molecule has 4 rings (SSSR count). The van der Waals surface area contributed by atoms with Gasteiger partial charge in [0.05, 0.1) is 17.2 Å². The quantitative estimate of drug-likeness (QED) is 0.823. The van der Waals surface area contributed by atoms with Crippen molar-refractivity contribution >= 4 is 15.8 Å². The molecule has 5 nitrogen and oxygen atoms in total. The fourth-order valence-corrected chi connectivity index (χ4v) is 5.60. The minimum atomic E-state index is -3.14. The Bertz CT molecular complexity index is 803. The first-order chi connectivity index (χ1) is 11.3. The number of sulfonamides is 1. The summed E-state index contributed by atoms with van der Waals surface area (Å²) in [5.74, 6) is 0.769. The zero-order chi connectivity index (χ0) is 17.1. The molecule has 0 unspecified atom stereocenters. The molecule has 1 aliphatic carbocycles. The number of benzene rings is 1. The fraction of sp³-hybridized carbons (Fsp3) is 0.611. The zero-order valence-electron chi connectivity index (χ0n) is 14.2. The van der Waals surface area contributed by atoms with Crippen LogP contribution in [0.5, 0.6) is 5.75 Å². The van der Waals surface area contributed by atoms with Gasteiger partial charge in [0, 0.05) is 25.9 Å². The van der Waals surface area contributed by atoms with Crippen LogP contribution in [-0.4, -0.2) is 42.4 Å². The third-order valence-corrected chi connectivity index (χ3v) is 8.04. The maximum Gasteiger partial charge on any atom is 0.216 e. The number of Topliss-reactive ketones (excluding diaryl/α,β-unsaturated/α-hetero) is 1. The average molecular weight is 349 g/mol. The van der Waals surface area contributed by atoms with Crippen LogP contribution in [0.3, 0.4) is 0 Å². The topological polar surface area (TPSA) is 63.7 Å². The molecule has 0 bridgehead atoms. The van der Waals surface area contributed by atoms with Gasteiger partial charge >= 0.3 is 0 Å². The average Bonchev–Trinajstić information content (AvgIpc) is 3.35. The summed E-state index contributed by atoms with van der Waals surface area (Å²) >= 11 is 0. The first-order valence-electron chi connectivity index (χ1n) is 8.63. The molecule has 0 amide bonds. The Balaban J connectivity index is 1.56. The van der Waals surface area contributed by atoms with Crippen LogP contribution in [0.15, 0.2) is 12.1 Å². The van der Waals surface area contributed by atoms with Crippen molar-refractivity contribution < 1.29 is 17.9 Å². The maximum absolute atomic E-state index is 12.6. The molecule has 3 aliphatic rings. The lowest BCUT2D eigenvalue weighted by atomic mass is 9.82. The molecule has 1 saturated heterocycles. The summed E-state index contributed by atoms with van der Waals surface area (Å²) in [5, 5.41) is -0.174. The van der Waals surface area contributed by atoms with E-state index in [-0.39, 0.29) is 11.0 Å². The van der Waals surface area contributed by atoms with Crippen LogP contribution in [0.2, 0.25) is 0 Å². The van der Waals surface area contributed by atoms with E-state index in [0.29, 0.717) is 43.7 Å². The molecule has 1 aromatic carbocycles. The molecule has 2 aliphatic heterocycles. The van der Waals surface area contributed by atoms with Crippen LogP contribution in [0, 0.1) is 13.8 Å². The monoisotopic (exact) mass is 349 g/mol. The first-order valence-corrected chi connectivity index (χ1v) is 10.1. The number of ketones is 1. The van der Waals surface area contributed by atoms with Gasteiger partial charge in [0.1, 0.15) is 11.4 Å². The number of fused-ring (bicyclic) bond motifs is 1. The summed E-state index contributed by atoms with van der Waals surface area (Å²) in [6.45, 7) is 4.91. The Morgan fingerprint density at radius 3 is 2.38 bits per heavy atom. The van der Waals surface area contributed by atoms with Crippen molar-refractivity contribution in [2.75, 3.05) is 13.1 Å². The molecule has 1 spiro atoms. The summed E-state index contributed by atoms with van der Waals surface area (Å²) in [6, 6.07) is 3.85. The van der Waals surface area contributed by atoms with Gasteiger partial charge in [-0.25, -0.2) is 12.7 Å². The Labute approximate surface area is 143 Å². The molecule has 2 fully saturated rings. The summed E-state index contributed by atoms with van der Waals surface area (Å²) in [7, 11) is -3.14. The first kappa shape index (κ1) is 16.1. The highest BCUT2D eigenvalue weighted by atomic mass is 32.2. The molecule has 0 N–H and O–H groups in total. The van der Waals surface area contributed by atoms with Crippen molar-refractivity contribution in [1.82, 2.24) is 4.31 Å². The molecular weight excluding hydrogens is 326 g/mol. The van der Waals surface area contributed by atoms with Crippen LogP contribution in [-0.2, 0) is 10.0 Å². The summed E-state index contributed by atoms with van der Waals surface area (Å²) in [4.78, 5) is 12.6. The van der Waals surface area contributed by atoms with Gasteiger partial charge in [-0.3, -0.25) is 4.79 Å². The van der Waals surface area contributed by atoms with Gasteiger partial charge in [-0.05, 0) is 49.9 Å². The molecule has 1 saturated carbocycles. The fourth-order valence-electron chi connectivity index (χ4n) is 3.75. The standard InChI is InChI=1S/C18H23NO4S/c1-12-9-15-16(20)11-18(23-17(15)10-13(12)2)5-7-19(8-6-18)24(21,22)14-3-4-14/h9-10,14H,3-8,11H2,1-2H3. The van der Waals surface area contributed by atoms with Crippen molar-refractivity contribution in [3.63, 3.8) is 0 Å². The lowest BCUT2D eigenvalue weighted by molar-refractivity contribution is 0.00583. The second-order valence-electron chi connectivity index (χ2n) is 7.46. The second kappa shape index (κ2) is 5.30. The van der Waals surface area contributed by atoms with Crippen LogP contribution >= 0.6 is 0 Å². The number of carbonyl (C=O) groups excluding carboxylic acids is 1. The molecule has 24 heavy (non-hydrogen) atoms. The molecule has 2 heterocycles. The number of piperidine rings is 1. The van der Waals surface area contributed by atoms with Crippen LogP contribution in [0.1, 0.15) is 53.6 Å². The van der Waals surface area contributed by atoms with Gasteiger partial charge in [-0.1, -0.05) is 0 Å². The van der Waals surface area contributed by atoms with E-state index in [2.05, 4.69) is 0 Å². The van der Waals surface area contributed by atoms with E-state index < -0.39 is 15.6 Å². The largest absolute Gasteiger partial charge is 0.486 e. The van der Waals surface area contributed by atoms with Crippen molar-refractivity contribution in [3.05, 3.63) is 28.8 Å². The van der Waals surface area contributed by atoms with E-state index in [0.717, 1.165) is 24.0 Å². The predicted molar refractivity (Wildman–Crippen MR) is 91.0 cm³/mol. The van der Waals surface area contributed by atoms with E-state index in [1.165, 1.54) is 0 Å². The van der Waals surface area contributed by atoms with Crippen LogP contribution < -0.4 is 4.74 Å². The smallest absolute Gasteiger partial charge is 0.216 e. The van der Waals surface area contributed by atoms with Crippen molar-refractivity contribution in [2.24, 2.45) is 0 Å². The number of hydrogen-bond donors (Lipinski definition) is 0. The third kappa shape index (κ3) is 2.56. The SMILES string of the molecule is Cc1cc2c(cc1C)C(=O)CC1(CCN(S(=O)(=O)C3CC3)CC1)O2. The Hall–Kier alpha value is -1.40. The third-order valence-electron chi connectivity index (χ3n) is 5.64. The highest BCUT2D eigenvalue weighted by Crippen LogP contribution is 2.42. The number of carbonyl (C=O) groups is 1. The van der Waals surface area contributed by atoms with Gasteiger partial charge in [-0.15, -0.1) is 0 Å². The highest BCUT2D eigenvalue weighted by molar-refractivity contribution is 7.90. The number of rotatable bonds is 2.